The maximum absolute atomic E-state index is 12.6. The van der Waals surface area contributed by atoms with Gasteiger partial charge in [0.2, 0.25) is 0 Å². The van der Waals surface area contributed by atoms with Crippen LogP contribution >= 0.6 is 12.4 Å². The molecule has 2 rings (SSSR count). The Morgan fingerprint density at radius 1 is 1.18 bits per heavy atom. The number of pyridine rings is 1. The number of nitrogens with one attached hydrogen (secondary N) is 2. The Bertz CT molecular complexity index is 843. The summed E-state index contributed by atoms with van der Waals surface area (Å²) in [4.78, 5) is 39.7. The molecule has 0 radical (unpaired) electrons. The van der Waals surface area contributed by atoms with Crippen LogP contribution in [0.15, 0.2) is 48.8 Å². The Balaban J connectivity index is 0.00000392. The highest BCUT2D eigenvalue weighted by Gasteiger charge is 2.25. The van der Waals surface area contributed by atoms with Crippen molar-refractivity contribution in [2.24, 2.45) is 5.73 Å². The summed E-state index contributed by atoms with van der Waals surface area (Å²) in [5.41, 5.74) is 5.94. The molecule has 4 N–H and O–H groups in total. The van der Waals surface area contributed by atoms with Gasteiger partial charge in [-0.2, -0.15) is 0 Å². The van der Waals surface area contributed by atoms with Crippen LogP contribution < -0.4 is 15.8 Å². The summed E-state index contributed by atoms with van der Waals surface area (Å²) >= 11 is 0. The number of halogens is 1. The molecule has 0 aliphatic heterocycles. The number of hydrogen-bond donors (Lipinski definition) is 3. The van der Waals surface area contributed by atoms with E-state index >= 15 is 0 Å². The number of esters is 1. The summed E-state index contributed by atoms with van der Waals surface area (Å²) in [6.07, 6.45) is 2.85. The molecule has 1 unspecified atom stereocenters. The topological polar surface area (TPSA) is 144 Å². The molecule has 9 nitrogen and oxygen atoms in total. The Labute approximate surface area is 167 Å². The number of carbonyl (C=O) groups excluding carboxylic acids is 3. The number of methoxy groups -OCH3 is 1. The van der Waals surface area contributed by atoms with Gasteiger partial charge in [0.15, 0.2) is 12.4 Å². The van der Waals surface area contributed by atoms with Gasteiger partial charge >= 0.3 is 5.97 Å². The van der Waals surface area contributed by atoms with E-state index < -0.39 is 29.5 Å². The highest BCUT2D eigenvalue weighted by Crippen LogP contribution is 2.14. The first-order chi connectivity index (χ1) is 12.9. The molecule has 0 spiro atoms. The first-order valence-corrected chi connectivity index (χ1v) is 7.81. The molecule has 0 fully saturated rings. The SMILES string of the molecule is COC(=O)COc1ccc(C(=O)C(NC(=O)c2cccnc2)C(=N)N)cc1.Cl. The predicted octanol–water partition coefficient (Wildman–Crippen LogP) is 0.972. The zero-order valence-electron chi connectivity index (χ0n) is 14.9. The third kappa shape index (κ3) is 6.06. The van der Waals surface area contributed by atoms with Crippen molar-refractivity contribution in [3.05, 3.63) is 59.9 Å². The van der Waals surface area contributed by atoms with Gasteiger partial charge < -0.3 is 20.5 Å². The van der Waals surface area contributed by atoms with Crippen LogP contribution in [-0.4, -0.2) is 48.2 Å². The molecule has 1 aromatic carbocycles. The van der Waals surface area contributed by atoms with Crippen molar-refractivity contribution in [1.29, 1.82) is 5.41 Å². The van der Waals surface area contributed by atoms with Crippen molar-refractivity contribution in [2.75, 3.05) is 13.7 Å². The smallest absolute Gasteiger partial charge is 0.343 e. The van der Waals surface area contributed by atoms with E-state index in [0.29, 0.717) is 5.75 Å². The number of rotatable bonds is 8. The number of carbonyl (C=O) groups is 3. The van der Waals surface area contributed by atoms with Crippen LogP contribution in [0.25, 0.3) is 0 Å². The molecule has 0 saturated carbocycles. The second kappa shape index (κ2) is 10.6. The minimum Gasteiger partial charge on any atom is -0.482 e. The maximum Gasteiger partial charge on any atom is 0.343 e. The van der Waals surface area contributed by atoms with Crippen LogP contribution in [0.3, 0.4) is 0 Å². The quantitative estimate of drug-likeness (QED) is 0.256. The number of ether oxygens (including phenoxy) is 2. The van der Waals surface area contributed by atoms with Gasteiger partial charge in [-0.3, -0.25) is 20.0 Å². The first-order valence-electron chi connectivity index (χ1n) is 7.81. The molecule has 0 aliphatic carbocycles. The molecule has 1 aromatic heterocycles. The van der Waals surface area contributed by atoms with Crippen molar-refractivity contribution in [2.45, 2.75) is 6.04 Å². The lowest BCUT2D eigenvalue weighted by Crippen LogP contribution is -2.49. The van der Waals surface area contributed by atoms with E-state index in [1.165, 1.54) is 49.8 Å². The highest BCUT2D eigenvalue weighted by molar-refractivity contribution is 6.16. The summed E-state index contributed by atoms with van der Waals surface area (Å²) in [5, 5.41) is 10.0. The molecular formula is C18H19ClN4O5. The lowest BCUT2D eigenvalue weighted by Gasteiger charge is -2.16. The molecule has 1 heterocycles. The van der Waals surface area contributed by atoms with Crippen LogP contribution in [0.1, 0.15) is 20.7 Å². The normalized spacial score (nSPS) is 10.8. The second-order valence-electron chi connectivity index (χ2n) is 5.36. The van der Waals surface area contributed by atoms with E-state index in [2.05, 4.69) is 15.0 Å². The number of ketones is 1. The van der Waals surface area contributed by atoms with Gasteiger partial charge in [0.1, 0.15) is 17.6 Å². The number of nitrogens with two attached hydrogens (primary N) is 1. The number of nitrogens with zero attached hydrogens (tertiary/aromatic N) is 1. The molecule has 1 amide bonds. The van der Waals surface area contributed by atoms with Gasteiger partial charge in [0, 0.05) is 18.0 Å². The second-order valence-corrected chi connectivity index (χ2v) is 5.36. The minimum absolute atomic E-state index is 0. The van der Waals surface area contributed by atoms with E-state index in [1.807, 2.05) is 0 Å². The molecular weight excluding hydrogens is 388 g/mol. The molecule has 148 valence electrons. The van der Waals surface area contributed by atoms with Gasteiger partial charge in [0.25, 0.3) is 5.91 Å². The van der Waals surface area contributed by atoms with Gasteiger partial charge in [-0.05, 0) is 36.4 Å². The summed E-state index contributed by atoms with van der Waals surface area (Å²) < 4.78 is 9.66. The Morgan fingerprint density at radius 3 is 2.39 bits per heavy atom. The van der Waals surface area contributed by atoms with E-state index in [4.69, 9.17) is 15.9 Å². The lowest BCUT2D eigenvalue weighted by atomic mass is 10.0. The van der Waals surface area contributed by atoms with Crippen LogP contribution in [-0.2, 0) is 9.53 Å². The number of Topliss-reactive ketones (excluding diaryl/α,β-unsaturated/α-hetero) is 1. The largest absolute Gasteiger partial charge is 0.482 e. The maximum atomic E-state index is 12.6. The lowest BCUT2D eigenvalue weighted by molar-refractivity contribution is -0.142. The Kier molecular flexibility index (Phi) is 8.57. The van der Waals surface area contributed by atoms with Crippen molar-refractivity contribution in [3.8, 4) is 5.75 Å². The molecule has 0 bridgehead atoms. The monoisotopic (exact) mass is 406 g/mol. The Morgan fingerprint density at radius 2 is 1.86 bits per heavy atom. The molecule has 1 atom stereocenters. The minimum atomic E-state index is -1.32. The molecule has 2 aromatic rings. The van der Waals surface area contributed by atoms with Gasteiger partial charge in [-0.25, -0.2) is 4.79 Å². The molecule has 28 heavy (non-hydrogen) atoms. The third-order valence-corrected chi connectivity index (χ3v) is 3.50. The van der Waals surface area contributed by atoms with E-state index in [1.54, 1.807) is 6.07 Å². The molecule has 10 heteroatoms. The fraction of sp³-hybridized carbons (Fsp3) is 0.167. The number of aromatic nitrogens is 1. The van der Waals surface area contributed by atoms with Crippen molar-refractivity contribution in [3.63, 3.8) is 0 Å². The van der Waals surface area contributed by atoms with Gasteiger partial charge in [-0.15, -0.1) is 12.4 Å². The van der Waals surface area contributed by atoms with Crippen LogP contribution in [0.5, 0.6) is 5.75 Å². The highest BCUT2D eigenvalue weighted by atomic mass is 35.5. The third-order valence-electron chi connectivity index (χ3n) is 3.50. The van der Waals surface area contributed by atoms with Crippen molar-refractivity contribution < 1.29 is 23.9 Å². The van der Waals surface area contributed by atoms with E-state index in [0.717, 1.165) is 0 Å². The molecule has 0 saturated heterocycles. The average Bonchev–Trinajstić information content (AvgIpc) is 2.70. The summed E-state index contributed by atoms with van der Waals surface area (Å²) in [6, 6.07) is 7.64. The first kappa shape index (κ1) is 22.6. The fourth-order valence-corrected chi connectivity index (χ4v) is 2.08. The standard InChI is InChI=1S/C18H18N4O5.ClH/c1-26-14(23)10-27-13-6-4-11(5-7-13)16(24)15(17(19)20)22-18(25)12-3-2-8-21-9-12;/h2-9,15H,10H2,1H3,(H3,19,20)(H,22,25);1H. The number of hydrogen-bond acceptors (Lipinski definition) is 7. The van der Waals surface area contributed by atoms with Crippen molar-refractivity contribution >= 4 is 35.9 Å². The fourth-order valence-electron chi connectivity index (χ4n) is 2.08. The summed E-state index contributed by atoms with van der Waals surface area (Å²) in [6.45, 7) is -0.263. The molecule has 0 aliphatic rings. The van der Waals surface area contributed by atoms with Crippen LogP contribution in [0, 0.1) is 5.41 Å². The van der Waals surface area contributed by atoms with E-state index in [9.17, 15) is 14.4 Å². The zero-order valence-corrected chi connectivity index (χ0v) is 15.7. The zero-order chi connectivity index (χ0) is 19.8. The van der Waals surface area contributed by atoms with Crippen LogP contribution in [0.4, 0.5) is 0 Å². The Hall–Kier alpha value is -3.46. The van der Waals surface area contributed by atoms with Crippen molar-refractivity contribution in [1.82, 2.24) is 10.3 Å². The van der Waals surface area contributed by atoms with Crippen LogP contribution in [0.2, 0.25) is 0 Å². The van der Waals surface area contributed by atoms with E-state index in [-0.39, 0.29) is 30.1 Å². The number of benzene rings is 1. The predicted molar refractivity (Wildman–Crippen MR) is 103 cm³/mol. The number of amidine groups is 1. The van der Waals surface area contributed by atoms with Gasteiger partial charge in [0.05, 0.1) is 12.7 Å². The summed E-state index contributed by atoms with van der Waals surface area (Å²) in [5.74, 6) is -1.81. The average molecular weight is 407 g/mol. The number of amides is 1. The van der Waals surface area contributed by atoms with Gasteiger partial charge in [-0.1, -0.05) is 0 Å². The summed E-state index contributed by atoms with van der Waals surface area (Å²) in [7, 11) is 1.25.